The van der Waals surface area contributed by atoms with Crippen LogP contribution in [0, 0.1) is 0 Å². The van der Waals surface area contributed by atoms with E-state index in [1.165, 1.54) is 5.56 Å². The van der Waals surface area contributed by atoms with E-state index in [-0.39, 0.29) is 12.1 Å². The molecule has 0 radical (unpaired) electrons. The van der Waals surface area contributed by atoms with Crippen LogP contribution in [0.5, 0.6) is 0 Å². The van der Waals surface area contributed by atoms with E-state index in [4.69, 9.17) is 0 Å². The van der Waals surface area contributed by atoms with Gasteiger partial charge >= 0.3 is 0 Å². The number of nitrogens with zero attached hydrogens (tertiary/aromatic N) is 1. The molecule has 3 nitrogen and oxygen atoms in total. The summed E-state index contributed by atoms with van der Waals surface area (Å²) in [6.45, 7) is 8.90. The van der Waals surface area contributed by atoms with Crippen molar-refractivity contribution in [3.63, 3.8) is 0 Å². The van der Waals surface area contributed by atoms with Crippen LogP contribution >= 0.6 is 0 Å². The third-order valence-corrected chi connectivity index (χ3v) is 4.73. The molecule has 0 aliphatic carbocycles. The van der Waals surface area contributed by atoms with Crippen LogP contribution in [0.3, 0.4) is 0 Å². The summed E-state index contributed by atoms with van der Waals surface area (Å²) in [6, 6.07) is 11.6. The van der Waals surface area contributed by atoms with Gasteiger partial charge in [0.05, 0.1) is 6.61 Å². The summed E-state index contributed by atoms with van der Waals surface area (Å²) in [7, 11) is 0. The van der Waals surface area contributed by atoms with E-state index in [1.54, 1.807) is 0 Å². The Morgan fingerprint density at radius 3 is 2.70 bits per heavy atom. The zero-order valence-electron chi connectivity index (χ0n) is 13.0. The van der Waals surface area contributed by atoms with Crippen molar-refractivity contribution >= 4 is 0 Å². The second-order valence-electron chi connectivity index (χ2n) is 6.28. The molecular weight excluding hydrogens is 248 g/mol. The van der Waals surface area contributed by atoms with Crippen molar-refractivity contribution in [2.45, 2.75) is 51.2 Å². The lowest BCUT2D eigenvalue weighted by Gasteiger charge is -2.32. The molecule has 1 fully saturated rings. The average Bonchev–Trinajstić information content (AvgIpc) is 2.95. The van der Waals surface area contributed by atoms with Gasteiger partial charge in [-0.15, -0.1) is 0 Å². The molecule has 0 amide bonds. The number of benzene rings is 1. The molecule has 3 heteroatoms. The highest BCUT2D eigenvalue weighted by Gasteiger charge is 2.31. The van der Waals surface area contributed by atoms with Gasteiger partial charge in [-0.05, 0) is 32.3 Å². The fraction of sp³-hybridized carbons (Fsp3) is 0.647. The van der Waals surface area contributed by atoms with Crippen LogP contribution in [0.25, 0.3) is 0 Å². The van der Waals surface area contributed by atoms with E-state index in [0.717, 1.165) is 25.9 Å². The lowest BCUT2D eigenvalue weighted by Crippen LogP contribution is -2.51. The Labute approximate surface area is 123 Å². The number of rotatable bonds is 6. The minimum absolute atomic E-state index is 0.142. The van der Waals surface area contributed by atoms with E-state index in [9.17, 15) is 5.11 Å². The molecule has 1 saturated heterocycles. The predicted molar refractivity (Wildman–Crippen MR) is 83.8 cm³/mol. The van der Waals surface area contributed by atoms with Crippen molar-refractivity contribution in [2.24, 2.45) is 0 Å². The molecule has 1 aliphatic heterocycles. The maximum atomic E-state index is 9.52. The molecule has 2 N–H and O–H groups in total. The Morgan fingerprint density at radius 2 is 2.10 bits per heavy atom. The number of hydrogen-bond donors (Lipinski definition) is 2. The number of hydrogen-bond acceptors (Lipinski definition) is 3. The molecule has 1 aromatic carbocycles. The normalized spacial score (nSPS) is 24.5. The van der Waals surface area contributed by atoms with E-state index in [1.807, 2.05) is 0 Å². The third-order valence-electron chi connectivity index (χ3n) is 4.73. The van der Waals surface area contributed by atoms with Crippen molar-refractivity contribution in [2.75, 3.05) is 19.7 Å². The van der Waals surface area contributed by atoms with Crippen molar-refractivity contribution in [3.8, 4) is 0 Å². The fourth-order valence-corrected chi connectivity index (χ4v) is 2.95. The molecule has 0 aromatic heterocycles. The van der Waals surface area contributed by atoms with Gasteiger partial charge in [-0.1, -0.05) is 37.3 Å². The zero-order valence-corrected chi connectivity index (χ0v) is 13.0. The Hall–Kier alpha value is -0.900. The van der Waals surface area contributed by atoms with Gasteiger partial charge in [0.25, 0.3) is 0 Å². The van der Waals surface area contributed by atoms with Crippen molar-refractivity contribution in [1.82, 2.24) is 10.2 Å². The SMILES string of the molecule is CCC(C)(CO)NC1CCN(C(C)c2ccccc2)C1. The van der Waals surface area contributed by atoms with Gasteiger partial charge in [-0.2, -0.15) is 0 Å². The molecule has 2 rings (SSSR count). The first-order valence-corrected chi connectivity index (χ1v) is 7.75. The first kappa shape index (κ1) is 15.5. The van der Waals surface area contributed by atoms with Gasteiger partial charge in [-0.3, -0.25) is 4.90 Å². The largest absolute Gasteiger partial charge is 0.394 e. The molecule has 0 bridgehead atoms. The minimum atomic E-state index is -0.142. The highest BCUT2D eigenvalue weighted by molar-refractivity contribution is 5.18. The quantitative estimate of drug-likeness (QED) is 0.838. The van der Waals surface area contributed by atoms with E-state index >= 15 is 0 Å². The Balaban J connectivity index is 1.92. The summed E-state index contributed by atoms with van der Waals surface area (Å²) in [6.07, 6.45) is 2.11. The Bertz CT molecular complexity index is 403. The van der Waals surface area contributed by atoms with Gasteiger partial charge in [0.15, 0.2) is 0 Å². The molecule has 112 valence electrons. The number of aliphatic hydroxyl groups is 1. The van der Waals surface area contributed by atoms with Crippen LogP contribution in [-0.2, 0) is 0 Å². The topological polar surface area (TPSA) is 35.5 Å². The maximum Gasteiger partial charge on any atom is 0.0610 e. The Kier molecular flexibility index (Phi) is 5.19. The summed E-state index contributed by atoms with van der Waals surface area (Å²) >= 11 is 0. The van der Waals surface area contributed by atoms with Crippen LogP contribution in [0.1, 0.15) is 45.2 Å². The second kappa shape index (κ2) is 6.70. The molecule has 0 saturated carbocycles. The fourth-order valence-electron chi connectivity index (χ4n) is 2.95. The van der Waals surface area contributed by atoms with Crippen molar-refractivity contribution in [1.29, 1.82) is 0 Å². The van der Waals surface area contributed by atoms with E-state index in [0.29, 0.717) is 12.1 Å². The summed E-state index contributed by atoms with van der Waals surface area (Å²) in [5.41, 5.74) is 1.24. The average molecular weight is 276 g/mol. The monoisotopic (exact) mass is 276 g/mol. The van der Waals surface area contributed by atoms with E-state index < -0.39 is 0 Å². The first-order chi connectivity index (χ1) is 9.58. The number of likely N-dealkylation sites (tertiary alicyclic amines) is 1. The lowest BCUT2D eigenvalue weighted by molar-refractivity contribution is 0.154. The van der Waals surface area contributed by atoms with Crippen LogP contribution in [-0.4, -0.2) is 41.3 Å². The van der Waals surface area contributed by atoms with Crippen LogP contribution in [0.4, 0.5) is 0 Å². The highest BCUT2D eigenvalue weighted by atomic mass is 16.3. The molecule has 0 spiro atoms. The summed E-state index contributed by atoms with van der Waals surface area (Å²) in [4.78, 5) is 2.53. The lowest BCUT2D eigenvalue weighted by atomic mass is 9.98. The zero-order chi connectivity index (χ0) is 14.6. The van der Waals surface area contributed by atoms with E-state index in [2.05, 4.69) is 61.3 Å². The standard InChI is InChI=1S/C17H28N2O/c1-4-17(3,13-20)18-16-10-11-19(12-16)14(2)15-8-6-5-7-9-15/h5-9,14,16,18,20H,4,10-13H2,1-3H3. The molecule has 1 aromatic rings. The van der Waals surface area contributed by atoms with Gasteiger partial charge in [0.2, 0.25) is 0 Å². The molecule has 20 heavy (non-hydrogen) atoms. The molecule has 3 atom stereocenters. The van der Waals surface area contributed by atoms with Crippen molar-refractivity contribution < 1.29 is 5.11 Å². The first-order valence-electron chi connectivity index (χ1n) is 7.75. The maximum absolute atomic E-state index is 9.52. The summed E-state index contributed by atoms with van der Waals surface area (Å²) < 4.78 is 0. The third kappa shape index (κ3) is 3.60. The summed E-state index contributed by atoms with van der Waals surface area (Å²) in [5, 5.41) is 13.2. The van der Waals surface area contributed by atoms with Gasteiger partial charge in [0, 0.05) is 30.7 Å². The van der Waals surface area contributed by atoms with Gasteiger partial charge in [-0.25, -0.2) is 0 Å². The summed E-state index contributed by atoms with van der Waals surface area (Å²) in [5.74, 6) is 0. The molecule has 3 unspecified atom stereocenters. The van der Waals surface area contributed by atoms with Gasteiger partial charge < -0.3 is 10.4 Å². The predicted octanol–water partition coefficient (Wildman–Crippen LogP) is 2.57. The smallest absolute Gasteiger partial charge is 0.0610 e. The van der Waals surface area contributed by atoms with Crippen LogP contribution in [0.15, 0.2) is 30.3 Å². The second-order valence-corrected chi connectivity index (χ2v) is 6.28. The number of nitrogens with one attached hydrogen (secondary N) is 1. The van der Waals surface area contributed by atoms with Gasteiger partial charge in [0.1, 0.15) is 0 Å². The van der Waals surface area contributed by atoms with Crippen molar-refractivity contribution in [3.05, 3.63) is 35.9 Å². The molecular formula is C17H28N2O. The minimum Gasteiger partial charge on any atom is -0.394 e. The molecule has 1 heterocycles. The van der Waals surface area contributed by atoms with Crippen LogP contribution in [0.2, 0.25) is 0 Å². The van der Waals surface area contributed by atoms with Crippen LogP contribution < -0.4 is 5.32 Å². The Morgan fingerprint density at radius 1 is 1.40 bits per heavy atom. The highest BCUT2D eigenvalue weighted by Crippen LogP contribution is 2.25. The number of aliphatic hydroxyl groups excluding tert-OH is 1. The molecule has 1 aliphatic rings.